The van der Waals surface area contributed by atoms with Crippen LogP contribution in [0.2, 0.25) is 0 Å². The monoisotopic (exact) mass is 241 g/mol. The zero-order chi connectivity index (χ0) is 20.1. The fourth-order valence-electron chi connectivity index (χ4n) is 1.57. The van der Waals surface area contributed by atoms with E-state index in [0.29, 0.717) is 16.7 Å². The minimum atomic E-state index is -3.19. The largest absolute Gasteiger partial charge is 0.497 e. The second kappa shape index (κ2) is 4.80. The van der Waals surface area contributed by atoms with Gasteiger partial charge in [0.15, 0.2) is 0 Å². The summed E-state index contributed by atoms with van der Waals surface area (Å²) in [6.07, 6.45) is 1.36. The Labute approximate surface area is 115 Å². The number of aromatic nitrogens is 1. The minimum absolute atomic E-state index is 0.0532. The summed E-state index contributed by atoms with van der Waals surface area (Å²) in [6, 6.07) is 3.78. The molecule has 0 unspecified atom stereocenters. The van der Waals surface area contributed by atoms with Gasteiger partial charge in [-0.05, 0) is 45.1 Å². The normalized spacial score (nSPS) is 25.2. The molecule has 0 amide bonds. The van der Waals surface area contributed by atoms with Crippen molar-refractivity contribution in [3.8, 4) is 5.75 Å². The van der Waals surface area contributed by atoms with Crippen LogP contribution in [0.25, 0.3) is 10.9 Å². The van der Waals surface area contributed by atoms with Crippen LogP contribution in [0.4, 0.5) is 0 Å². The van der Waals surface area contributed by atoms with Crippen molar-refractivity contribution in [3.63, 3.8) is 0 Å². The molecule has 1 heterocycles. The Hall–Kier alpha value is -1.48. The molecule has 2 aromatic rings. The third-order valence-corrected chi connectivity index (χ3v) is 2.52. The highest BCUT2D eigenvalue weighted by molar-refractivity contribution is 5.81. The van der Waals surface area contributed by atoms with Gasteiger partial charge in [0, 0.05) is 39.2 Å². The number of rotatable bonds is 4. The molecule has 0 N–H and O–H groups in total. The van der Waals surface area contributed by atoms with Gasteiger partial charge in [0.2, 0.25) is 0 Å². The van der Waals surface area contributed by atoms with Crippen LogP contribution in [0.3, 0.4) is 0 Å². The molecular weight excluding hydrogens is 212 g/mol. The highest BCUT2D eigenvalue weighted by atomic mass is 16.5. The van der Waals surface area contributed by atoms with Gasteiger partial charge < -0.3 is 14.2 Å². The van der Waals surface area contributed by atoms with Gasteiger partial charge in [0.05, 0.1) is 9.85 Å². The second-order valence-electron chi connectivity index (χ2n) is 3.64. The molecule has 3 nitrogen and oxygen atoms in total. The number of benzene rings is 1. The molecule has 1 aromatic carbocycles. The number of methoxy groups -OCH3 is 1. The van der Waals surface area contributed by atoms with E-state index >= 15 is 0 Å². The third-order valence-electron chi connectivity index (χ3n) is 2.52. The van der Waals surface area contributed by atoms with Crippen LogP contribution in [-0.2, 0) is 6.50 Å². The van der Waals surface area contributed by atoms with E-state index in [1.807, 2.05) is 0 Å². The molecule has 0 aliphatic rings. The topological polar surface area (TPSA) is 17.4 Å². The number of nitrogens with zero attached hydrogens (tertiary/aromatic N) is 2. The summed E-state index contributed by atoms with van der Waals surface area (Å²) in [5.74, 6) is 0.552. The molecular formula is C14H20N2O. The zero-order valence-corrected chi connectivity index (χ0v) is 9.69. The van der Waals surface area contributed by atoms with Crippen LogP contribution in [0.5, 0.6) is 5.75 Å². The van der Waals surface area contributed by atoms with Crippen molar-refractivity contribution in [3.05, 3.63) is 30.5 Å². The van der Waals surface area contributed by atoms with E-state index in [9.17, 15) is 0 Å². The Morgan fingerprint density at radius 3 is 3.06 bits per heavy atom. The van der Waals surface area contributed by atoms with Gasteiger partial charge in [-0.1, -0.05) is 0 Å². The van der Waals surface area contributed by atoms with E-state index in [2.05, 4.69) is 0 Å². The Morgan fingerprint density at radius 1 is 1.53 bits per heavy atom. The molecule has 0 spiro atoms. The van der Waals surface area contributed by atoms with Gasteiger partial charge in [-0.15, -0.1) is 0 Å². The molecule has 0 saturated carbocycles. The average Bonchev–Trinajstić information content (AvgIpc) is 2.86. The van der Waals surface area contributed by atoms with Crippen molar-refractivity contribution in [2.75, 3.05) is 21.1 Å². The highest BCUT2D eigenvalue weighted by Gasteiger charge is 2.08. The lowest BCUT2D eigenvalue weighted by Gasteiger charge is -2.20. The average molecular weight is 241 g/mol. The van der Waals surface area contributed by atoms with Gasteiger partial charge in [0.25, 0.3) is 0 Å². The van der Waals surface area contributed by atoms with E-state index in [-0.39, 0.29) is 4.90 Å². The van der Waals surface area contributed by atoms with E-state index < -0.39 is 26.5 Å². The molecule has 0 aliphatic heterocycles. The third kappa shape index (κ3) is 2.44. The molecule has 92 valence electrons. The predicted molar refractivity (Wildman–Crippen MR) is 71.6 cm³/mol. The summed E-state index contributed by atoms with van der Waals surface area (Å²) in [7, 11) is 1.49. The molecule has 0 aliphatic carbocycles. The number of hydrogen-bond donors (Lipinski definition) is 0. The summed E-state index contributed by atoms with van der Waals surface area (Å²) < 4.78 is 76.5. The number of hydrogen-bond acceptors (Lipinski definition) is 2. The lowest BCUT2D eigenvalue weighted by atomic mass is 10.2. The molecule has 17 heavy (non-hydrogen) atoms. The first-order valence-corrected chi connectivity index (χ1v) is 5.10. The maximum Gasteiger partial charge on any atom is 0.119 e. The van der Waals surface area contributed by atoms with Crippen LogP contribution in [0, 0.1) is 0 Å². The van der Waals surface area contributed by atoms with Crippen LogP contribution < -0.4 is 4.74 Å². The van der Waals surface area contributed by atoms with Crippen molar-refractivity contribution < 1.29 is 17.1 Å². The number of fused-ring (bicyclic) bond motifs is 1. The van der Waals surface area contributed by atoms with Crippen LogP contribution in [-0.4, -0.2) is 36.5 Å². The lowest BCUT2D eigenvalue weighted by Crippen LogP contribution is -2.28. The first-order valence-electron chi connectivity index (χ1n) is 9.60. The van der Waals surface area contributed by atoms with Gasteiger partial charge in [-0.25, -0.2) is 0 Å². The second-order valence-corrected chi connectivity index (χ2v) is 3.64. The van der Waals surface area contributed by atoms with E-state index in [1.54, 1.807) is 24.3 Å². The standard InChI is InChI=1S/C14H20N2O/c1-11(15(2)3)10-16-8-7-12-9-13(17-4)5-6-14(12)16/h5-9,11H,10H2,1-4H3/t11-/m1/s1/i2D3,3D3,10D2,11D. The van der Waals surface area contributed by atoms with Crippen molar-refractivity contribution in [1.29, 1.82) is 0 Å². The number of ether oxygens (including phenoxy) is 1. The van der Waals surface area contributed by atoms with Crippen LogP contribution >= 0.6 is 0 Å². The van der Waals surface area contributed by atoms with Gasteiger partial charge in [-0.3, -0.25) is 0 Å². The SMILES string of the molecule is [2H]C([2H])([2H])N(C([2H])([2H])[2H])[C@]([2H])(C)C([2H])([2H])n1ccc2cc(OC)ccc21. The Kier molecular flexibility index (Phi) is 1.42. The summed E-state index contributed by atoms with van der Waals surface area (Å²) in [5, 5.41) is 0.610. The fraction of sp³-hybridized carbons (Fsp3) is 0.429. The quantitative estimate of drug-likeness (QED) is 0.818. The predicted octanol–water partition coefficient (Wildman–Crippen LogP) is 2.60. The summed E-state index contributed by atoms with van der Waals surface area (Å²) >= 11 is 0. The fourth-order valence-corrected chi connectivity index (χ4v) is 1.57. The van der Waals surface area contributed by atoms with Gasteiger partial charge in [-0.2, -0.15) is 0 Å². The lowest BCUT2D eigenvalue weighted by molar-refractivity contribution is 0.286. The van der Waals surface area contributed by atoms with Crippen molar-refractivity contribution in [2.24, 2.45) is 0 Å². The first-order chi connectivity index (χ1) is 11.6. The van der Waals surface area contributed by atoms with Crippen molar-refractivity contribution in [2.45, 2.75) is 19.4 Å². The van der Waals surface area contributed by atoms with E-state index in [1.165, 1.54) is 13.3 Å². The van der Waals surface area contributed by atoms with E-state index in [0.717, 1.165) is 11.5 Å². The van der Waals surface area contributed by atoms with Crippen LogP contribution in [0.15, 0.2) is 30.5 Å². The maximum absolute atomic E-state index is 8.43. The molecule has 0 saturated heterocycles. The van der Waals surface area contributed by atoms with Crippen molar-refractivity contribution >= 4 is 10.9 Å². The minimum Gasteiger partial charge on any atom is -0.497 e. The van der Waals surface area contributed by atoms with Gasteiger partial charge >= 0.3 is 0 Å². The molecule has 0 bridgehead atoms. The van der Waals surface area contributed by atoms with Crippen molar-refractivity contribution in [1.82, 2.24) is 9.47 Å². The zero-order valence-electron chi connectivity index (χ0n) is 18.7. The maximum atomic E-state index is 8.43. The molecule has 1 aromatic heterocycles. The Balaban J connectivity index is 2.64. The summed E-state index contributed by atoms with van der Waals surface area (Å²) in [5.41, 5.74) is 0.380. The summed E-state index contributed by atoms with van der Waals surface area (Å²) in [4.78, 5) is -0.0532. The smallest absolute Gasteiger partial charge is 0.119 e. The molecule has 0 fully saturated rings. The molecule has 1 atom stereocenters. The van der Waals surface area contributed by atoms with E-state index in [4.69, 9.17) is 17.1 Å². The molecule has 3 heteroatoms. The molecule has 0 radical (unpaired) electrons. The highest BCUT2D eigenvalue weighted by Crippen LogP contribution is 2.22. The Bertz CT molecular complexity index is 778. The molecule has 2 rings (SSSR count). The number of likely N-dealkylation sites (N-methyl/N-ethyl adjacent to an activating group) is 1. The van der Waals surface area contributed by atoms with Gasteiger partial charge in [0.1, 0.15) is 5.75 Å². The summed E-state index contributed by atoms with van der Waals surface area (Å²) in [6.45, 7) is -8.12. The Morgan fingerprint density at radius 2 is 2.35 bits per heavy atom. The first kappa shape index (κ1) is 5.02. The van der Waals surface area contributed by atoms with Crippen LogP contribution in [0.1, 0.15) is 19.3 Å².